The van der Waals surface area contributed by atoms with Gasteiger partial charge in [0.05, 0.1) is 17.1 Å². The summed E-state index contributed by atoms with van der Waals surface area (Å²) in [5.41, 5.74) is 8.76. The van der Waals surface area contributed by atoms with Gasteiger partial charge in [-0.05, 0) is 38.1 Å². The number of aliphatic hydroxyl groups excluding tert-OH is 1. The van der Waals surface area contributed by atoms with Crippen LogP contribution in [0, 0.1) is 6.92 Å². The third-order valence-electron chi connectivity index (χ3n) is 3.24. The third-order valence-corrected chi connectivity index (χ3v) is 3.24. The fourth-order valence-electron chi connectivity index (χ4n) is 2.19. The molecule has 0 bridgehead atoms. The number of imidazole rings is 1. The van der Waals surface area contributed by atoms with E-state index in [0.717, 1.165) is 29.8 Å². The molecule has 0 amide bonds. The second-order valence-electron chi connectivity index (χ2n) is 5.08. The maximum atomic E-state index is 9.49. The van der Waals surface area contributed by atoms with Crippen molar-refractivity contribution in [2.24, 2.45) is 5.73 Å². The normalized spacial score (nSPS) is 13.3. The van der Waals surface area contributed by atoms with Crippen LogP contribution in [0.4, 0.5) is 0 Å². The molecule has 1 atom stereocenters. The number of aromatic amines is 1. The van der Waals surface area contributed by atoms with Crippen molar-refractivity contribution in [2.45, 2.75) is 19.4 Å². The van der Waals surface area contributed by atoms with E-state index in [1.165, 1.54) is 5.56 Å². The highest BCUT2D eigenvalue weighted by Gasteiger charge is 2.07. The molecule has 1 heterocycles. The number of nitrogens with zero attached hydrogens (tertiary/aromatic N) is 2. The van der Waals surface area contributed by atoms with Crippen molar-refractivity contribution in [2.75, 3.05) is 26.7 Å². The molecule has 0 spiro atoms. The minimum atomic E-state index is -0.442. The van der Waals surface area contributed by atoms with Gasteiger partial charge in [0.2, 0.25) is 0 Å². The molecule has 0 saturated heterocycles. The van der Waals surface area contributed by atoms with Crippen LogP contribution in [-0.2, 0) is 6.42 Å². The van der Waals surface area contributed by atoms with E-state index in [1.807, 2.05) is 20.0 Å². The summed E-state index contributed by atoms with van der Waals surface area (Å²) in [6, 6.07) is 6.29. The first kappa shape index (κ1) is 14.0. The van der Waals surface area contributed by atoms with Gasteiger partial charge in [-0.15, -0.1) is 0 Å². The second-order valence-corrected chi connectivity index (χ2v) is 5.08. The molecule has 19 heavy (non-hydrogen) atoms. The van der Waals surface area contributed by atoms with Crippen LogP contribution in [-0.4, -0.2) is 52.8 Å². The van der Waals surface area contributed by atoms with Gasteiger partial charge in [-0.25, -0.2) is 4.98 Å². The Kier molecular flexibility index (Phi) is 4.52. The molecule has 2 rings (SSSR count). The van der Waals surface area contributed by atoms with Gasteiger partial charge in [0.1, 0.15) is 5.82 Å². The average molecular weight is 262 g/mol. The number of benzene rings is 1. The Bertz CT molecular complexity index is 537. The first-order valence-electron chi connectivity index (χ1n) is 6.60. The summed E-state index contributed by atoms with van der Waals surface area (Å²) in [4.78, 5) is 9.73. The van der Waals surface area contributed by atoms with Crippen LogP contribution in [0.2, 0.25) is 0 Å². The summed E-state index contributed by atoms with van der Waals surface area (Å²) >= 11 is 0. The minimum Gasteiger partial charge on any atom is -0.390 e. The molecule has 104 valence electrons. The van der Waals surface area contributed by atoms with Crippen LogP contribution in [0.25, 0.3) is 11.0 Å². The fraction of sp³-hybridized carbons (Fsp3) is 0.500. The van der Waals surface area contributed by atoms with Crippen molar-refractivity contribution in [1.29, 1.82) is 0 Å². The first-order valence-corrected chi connectivity index (χ1v) is 6.60. The highest BCUT2D eigenvalue weighted by Crippen LogP contribution is 2.14. The van der Waals surface area contributed by atoms with E-state index in [-0.39, 0.29) is 0 Å². The lowest BCUT2D eigenvalue weighted by molar-refractivity contribution is 0.133. The number of hydrogen-bond acceptors (Lipinski definition) is 4. The maximum Gasteiger partial charge on any atom is 0.104 e. The molecule has 0 aliphatic rings. The standard InChI is InChI=1S/C14H22N4O/c1-10-16-13-4-3-11(7-14(13)17-10)5-6-18(2)9-12(19)8-15/h3-4,7,12,19H,5-6,8-9,15H2,1-2H3,(H,16,17). The zero-order valence-corrected chi connectivity index (χ0v) is 11.6. The number of nitrogens with one attached hydrogen (secondary N) is 1. The third kappa shape index (κ3) is 3.76. The lowest BCUT2D eigenvalue weighted by atomic mass is 10.1. The number of aromatic nitrogens is 2. The molecule has 1 aromatic heterocycles. The van der Waals surface area contributed by atoms with Crippen LogP contribution in [0.5, 0.6) is 0 Å². The zero-order valence-electron chi connectivity index (χ0n) is 11.6. The lowest BCUT2D eigenvalue weighted by Gasteiger charge is -2.19. The smallest absolute Gasteiger partial charge is 0.104 e. The van der Waals surface area contributed by atoms with E-state index in [1.54, 1.807) is 0 Å². The number of aliphatic hydroxyl groups is 1. The highest BCUT2D eigenvalue weighted by molar-refractivity contribution is 5.75. The van der Waals surface area contributed by atoms with Gasteiger partial charge in [0, 0.05) is 19.6 Å². The summed E-state index contributed by atoms with van der Waals surface area (Å²) in [6.07, 6.45) is 0.504. The molecular formula is C14H22N4O. The van der Waals surface area contributed by atoms with Crippen LogP contribution >= 0.6 is 0 Å². The lowest BCUT2D eigenvalue weighted by Crippen LogP contribution is -2.35. The first-order chi connectivity index (χ1) is 9.08. The number of nitrogens with two attached hydrogens (primary N) is 1. The molecule has 0 saturated carbocycles. The summed E-state index contributed by atoms with van der Waals surface area (Å²) < 4.78 is 0. The van der Waals surface area contributed by atoms with Gasteiger partial charge in [0.25, 0.3) is 0 Å². The van der Waals surface area contributed by atoms with E-state index >= 15 is 0 Å². The van der Waals surface area contributed by atoms with Crippen LogP contribution in [0.3, 0.4) is 0 Å². The molecule has 1 unspecified atom stereocenters. The molecule has 5 heteroatoms. The largest absolute Gasteiger partial charge is 0.390 e. The number of likely N-dealkylation sites (N-methyl/N-ethyl adjacent to an activating group) is 1. The van der Waals surface area contributed by atoms with Crippen molar-refractivity contribution < 1.29 is 5.11 Å². The van der Waals surface area contributed by atoms with Crippen molar-refractivity contribution in [3.8, 4) is 0 Å². The molecular weight excluding hydrogens is 240 g/mol. The topological polar surface area (TPSA) is 78.2 Å². The second kappa shape index (κ2) is 6.14. The Morgan fingerprint density at radius 2 is 2.26 bits per heavy atom. The molecule has 4 N–H and O–H groups in total. The van der Waals surface area contributed by atoms with Crippen LogP contribution in [0.1, 0.15) is 11.4 Å². The number of aryl methyl sites for hydroxylation is 1. The summed E-state index contributed by atoms with van der Waals surface area (Å²) in [6.45, 7) is 3.78. The predicted molar refractivity (Wildman–Crippen MR) is 77.1 cm³/mol. The Morgan fingerprint density at radius 1 is 1.47 bits per heavy atom. The van der Waals surface area contributed by atoms with Crippen LogP contribution < -0.4 is 5.73 Å². The quantitative estimate of drug-likeness (QED) is 0.715. The molecule has 5 nitrogen and oxygen atoms in total. The number of H-pyrrole nitrogens is 1. The molecule has 2 aromatic rings. The number of rotatable bonds is 6. The Labute approximate surface area is 113 Å². The predicted octanol–water partition coefficient (Wildman–Crippen LogP) is 0.665. The molecule has 0 aliphatic carbocycles. The Hall–Kier alpha value is -1.43. The van der Waals surface area contributed by atoms with E-state index in [4.69, 9.17) is 5.73 Å². The van der Waals surface area contributed by atoms with Crippen molar-refractivity contribution >= 4 is 11.0 Å². The monoisotopic (exact) mass is 262 g/mol. The van der Waals surface area contributed by atoms with Crippen molar-refractivity contribution in [3.63, 3.8) is 0 Å². The molecule has 1 aromatic carbocycles. The van der Waals surface area contributed by atoms with E-state index in [9.17, 15) is 5.11 Å². The highest BCUT2D eigenvalue weighted by atomic mass is 16.3. The molecule has 0 radical (unpaired) electrons. The average Bonchev–Trinajstić information content (AvgIpc) is 2.75. The van der Waals surface area contributed by atoms with Gasteiger partial charge in [-0.1, -0.05) is 6.07 Å². The fourth-order valence-corrected chi connectivity index (χ4v) is 2.19. The van der Waals surface area contributed by atoms with E-state index < -0.39 is 6.10 Å². The van der Waals surface area contributed by atoms with Crippen molar-refractivity contribution in [3.05, 3.63) is 29.6 Å². The van der Waals surface area contributed by atoms with Gasteiger partial charge in [0.15, 0.2) is 0 Å². The Morgan fingerprint density at radius 3 is 3.00 bits per heavy atom. The van der Waals surface area contributed by atoms with Crippen molar-refractivity contribution in [1.82, 2.24) is 14.9 Å². The SMILES string of the molecule is Cc1nc2ccc(CCN(C)CC(O)CN)cc2[nH]1. The number of fused-ring (bicyclic) bond motifs is 1. The zero-order chi connectivity index (χ0) is 13.8. The summed E-state index contributed by atoms with van der Waals surface area (Å²) in [5.74, 6) is 0.940. The molecule has 0 aliphatic heterocycles. The van der Waals surface area contributed by atoms with Gasteiger partial charge < -0.3 is 20.7 Å². The van der Waals surface area contributed by atoms with Gasteiger partial charge in [-0.3, -0.25) is 0 Å². The molecule has 0 fully saturated rings. The minimum absolute atomic E-state index is 0.309. The maximum absolute atomic E-state index is 9.49. The summed E-state index contributed by atoms with van der Waals surface area (Å²) in [5, 5.41) is 9.49. The van der Waals surface area contributed by atoms with Crippen LogP contribution in [0.15, 0.2) is 18.2 Å². The van der Waals surface area contributed by atoms with Gasteiger partial charge in [-0.2, -0.15) is 0 Å². The van der Waals surface area contributed by atoms with E-state index in [0.29, 0.717) is 13.1 Å². The van der Waals surface area contributed by atoms with E-state index in [2.05, 4.69) is 27.0 Å². The number of hydrogen-bond donors (Lipinski definition) is 3. The summed E-state index contributed by atoms with van der Waals surface area (Å²) in [7, 11) is 2.00. The Balaban J connectivity index is 1.94. The van der Waals surface area contributed by atoms with Gasteiger partial charge >= 0.3 is 0 Å².